The Bertz CT molecular complexity index is 915. The van der Waals surface area contributed by atoms with Gasteiger partial charge in [0.15, 0.2) is 0 Å². The lowest BCUT2D eigenvalue weighted by Gasteiger charge is -2.14. The summed E-state index contributed by atoms with van der Waals surface area (Å²) in [5, 5.41) is 9.72. The summed E-state index contributed by atoms with van der Waals surface area (Å²) in [6.07, 6.45) is 4.46. The van der Waals surface area contributed by atoms with Gasteiger partial charge in [-0.05, 0) is 79.8 Å². The summed E-state index contributed by atoms with van der Waals surface area (Å²) < 4.78 is 0. The van der Waals surface area contributed by atoms with E-state index in [1.54, 1.807) is 5.48 Å². The molecule has 148 valence electrons. The number of rotatable bonds is 9. The molecule has 5 heteroatoms. The van der Waals surface area contributed by atoms with Gasteiger partial charge in [-0.2, -0.15) is 0 Å². The molecule has 1 unspecified atom stereocenters. The number of aromatic nitrogens is 1. The number of unbranched alkanes of at least 4 members (excludes halogenated alkanes) is 3. The Morgan fingerprint density at radius 3 is 2.46 bits per heavy atom. The third-order valence-corrected chi connectivity index (χ3v) is 5.30. The summed E-state index contributed by atoms with van der Waals surface area (Å²) in [4.78, 5) is 15.7. The predicted molar refractivity (Wildman–Crippen MR) is 113 cm³/mol. The second-order valence-electron chi connectivity index (χ2n) is 7.56. The van der Waals surface area contributed by atoms with Gasteiger partial charge < -0.3 is 9.88 Å². The van der Waals surface area contributed by atoms with Crippen molar-refractivity contribution in [2.24, 2.45) is 0 Å². The lowest BCUT2D eigenvalue weighted by molar-refractivity contribution is -0.810. The molecule has 0 aliphatic heterocycles. The molecule has 1 atom stereocenters. The predicted octanol–water partition coefficient (Wildman–Crippen LogP) is 3.75. The molecule has 0 aliphatic rings. The van der Waals surface area contributed by atoms with Gasteiger partial charge in [0, 0.05) is 23.0 Å². The van der Waals surface area contributed by atoms with Crippen molar-refractivity contribution in [2.45, 2.75) is 39.0 Å². The molecule has 4 N–H and O–H groups in total. The van der Waals surface area contributed by atoms with Crippen LogP contribution in [0.1, 0.15) is 37.8 Å². The number of nitrogens with one attached hydrogen (secondary N) is 3. The second-order valence-corrected chi connectivity index (χ2v) is 7.56. The van der Waals surface area contributed by atoms with Crippen LogP contribution in [-0.4, -0.2) is 29.7 Å². The van der Waals surface area contributed by atoms with E-state index in [2.05, 4.69) is 67.5 Å². The number of aryl methyl sites for hydroxylation is 1. The molecule has 0 radical (unpaired) electrons. The van der Waals surface area contributed by atoms with E-state index in [1.165, 1.54) is 38.3 Å². The van der Waals surface area contributed by atoms with E-state index >= 15 is 0 Å². The van der Waals surface area contributed by atoms with Crippen LogP contribution in [0.4, 0.5) is 5.69 Å². The molecule has 0 bridgehead atoms. The van der Waals surface area contributed by atoms with Gasteiger partial charge in [-0.1, -0.05) is 12.5 Å². The van der Waals surface area contributed by atoms with Crippen molar-refractivity contribution >= 4 is 22.5 Å². The zero-order chi connectivity index (χ0) is 19.9. The van der Waals surface area contributed by atoms with Crippen molar-refractivity contribution < 1.29 is 14.9 Å². The van der Waals surface area contributed by atoms with E-state index in [4.69, 9.17) is 5.21 Å². The van der Waals surface area contributed by atoms with Gasteiger partial charge in [0.05, 0.1) is 13.6 Å². The van der Waals surface area contributed by atoms with Gasteiger partial charge >= 0.3 is 0 Å². The largest absolute Gasteiger partial charge is 0.359 e. The number of H-pyrrole nitrogens is 1. The first-order valence-electron chi connectivity index (χ1n) is 10.0. The monoisotopic (exact) mass is 380 g/mol. The third-order valence-electron chi connectivity index (χ3n) is 5.30. The van der Waals surface area contributed by atoms with E-state index in [0.29, 0.717) is 6.42 Å². The number of hydrogen-bond donors (Lipinski definition) is 4. The van der Waals surface area contributed by atoms with Crippen LogP contribution in [0.5, 0.6) is 0 Å². The minimum Gasteiger partial charge on any atom is -0.359 e. The van der Waals surface area contributed by atoms with Crippen molar-refractivity contribution in [2.75, 3.05) is 13.6 Å². The minimum atomic E-state index is -0.298. The molecule has 0 spiro atoms. The van der Waals surface area contributed by atoms with E-state index in [1.807, 2.05) is 0 Å². The Kier molecular flexibility index (Phi) is 6.85. The molecule has 5 nitrogen and oxygen atoms in total. The van der Waals surface area contributed by atoms with Gasteiger partial charge in [-0.25, -0.2) is 5.48 Å². The fourth-order valence-electron chi connectivity index (χ4n) is 3.63. The number of carbonyl (C=O) groups excluding carboxylic acids is 1. The molecule has 1 amide bonds. The van der Waals surface area contributed by atoms with E-state index in [-0.39, 0.29) is 5.91 Å². The van der Waals surface area contributed by atoms with Gasteiger partial charge in [0.1, 0.15) is 5.69 Å². The highest BCUT2D eigenvalue weighted by atomic mass is 16.5. The zero-order valence-electron chi connectivity index (χ0n) is 16.7. The molecule has 0 aliphatic carbocycles. The number of hydroxylamine groups is 1. The van der Waals surface area contributed by atoms with Crippen LogP contribution in [0.15, 0.2) is 48.5 Å². The first-order valence-corrected chi connectivity index (χ1v) is 10.0. The number of aromatic amines is 1. The number of carbonyl (C=O) groups is 1. The second kappa shape index (κ2) is 9.53. The molecular formula is C23H30N3O2+. The highest BCUT2D eigenvalue weighted by Crippen LogP contribution is 2.25. The highest BCUT2D eigenvalue weighted by Gasteiger charge is 2.08. The third kappa shape index (κ3) is 5.21. The summed E-state index contributed by atoms with van der Waals surface area (Å²) in [5.41, 5.74) is 7.81. The lowest BCUT2D eigenvalue weighted by Crippen LogP contribution is -3.03. The number of hydrogen-bond acceptors (Lipinski definition) is 2. The van der Waals surface area contributed by atoms with E-state index < -0.39 is 0 Å². The van der Waals surface area contributed by atoms with Gasteiger partial charge in [0.2, 0.25) is 5.91 Å². The van der Waals surface area contributed by atoms with Crippen LogP contribution in [-0.2, 0) is 4.79 Å². The average Bonchev–Trinajstić information content (AvgIpc) is 3.09. The molecule has 1 aromatic heterocycles. The zero-order valence-corrected chi connectivity index (χ0v) is 16.7. The van der Waals surface area contributed by atoms with Crippen LogP contribution >= 0.6 is 0 Å². The normalized spacial score (nSPS) is 12.2. The minimum absolute atomic E-state index is 0.298. The topological polar surface area (TPSA) is 69.6 Å². The molecule has 0 saturated carbocycles. The fraction of sp³-hybridized carbons (Fsp3) is 0.348. The van der Waals surface area contributed by atoms with Crippen LogP contribution < -0.4 is 10.4 Å². The highest BCUT2D eigenvalue weighted by molar-refractivity contribution is 5.85. The fourth-order valence-corrected chi connectivity index (χ4v) is 3.63. The van der Waals surface area contributed by atoms with E-state index in [0.717, 1.165) is 32.2 Å². The summed E-state index contributed by atoms with van der Waals surface area (Å²) in [5.74, 6) is -0.298. The maximum atomic E-state index is 11.0. The summed E-state index contributed by atoms with van der Waals surface area (Å²) in [6, 6.07) is 17.6. The summed E-state index contributed by atoms with van der Waals surface area (Å²) in [6.45, 7) is 3.15. The molecule has 2 aromatic carbocycles. The standard InChI is InChI=1S/C23H29N3O2/c1-17-15-20-16-19(10-13-22(20)24-17)18-8-11-21(12-9-18)26(2)14-6-4-3-5-7-23(27)25-28/h8-13,15-16,24,28H,3-7,14H2,1-2H3,(H,25,27)/p+1. The SMILES string of the molecule is Cc1cc2cc(-c3ccc([NH+](C)CCCCCCC(=O)NO)cc3)ccc2[nH]1. The Morgan fingerprint density at radius 2 is 1.71 bits per heavy atom. The quantitative estimate of drug-likeness (QED) is 0.259. The molecule has 1 heterocycles. The van der Waals surface area contributed by atoms with E-state index in [9.17, 15) is 4.79 Å². The average molecular weight is 381 g/mol. The maximum absolute atomic E-state index is 11.0. The molecular weight excluding hydrogens is 350 g/mol. The number of fused-ring (bicyclic) bond motifs is 1. The molecule has 28 heavy (non-hydrogen) atoms. The summed E-state index contributed by atoms with van der Waals surface area (Å²) >= 11 is 0. The molecule has 3 aromatic rings. The van der Waals surface area contributed by atoms with Gasteiger partial charge in [-0.3, -0.25) is 10.0 Å². The number of quaternary nitrogens is 1. The Morgan fingerprint density at radius 1 is 1.00 bits per heavy atom. The Labute approximate surface area is 166 Å². The lowest BCUT2D eigenvalue weighted by atomic mass is 10.0. The van der Waals surface area contributed by atoms with Crippen molar-refractivity contribution in [3.63, 3.8) is 0 Å². The van der Waals surface area contributed by atoms with Crippen molar-refractivity contribution in [3.05, 3.63) is 54.2 Å². The first-order chi connectivity index (χ1) is 13.6. The number of amides is 1. The Hall–Kier alpha value is -2.63. The van der Waals surface area contributed by atoms with Crippen LogP contribution in [0.25, 0.3) is 22.0 Å². The van der Waals surface area contributed by atoms with Crippen LogP contribution in [0, 0.1) is 6.92 Å². The summed E-state index contributed by atoms with van der Waals surface area (Å²) in [7, 11) is 2.20. The first kappa shape index (κ1) is 20.1. The van der Waals surface area contributed by atoms with Crippen molar-refractivity contribution in [1.29, 1.82) is 0 Å². The smallest absolute Gasteiger partial charge is 0.243 e. The van der Waals surface area contributed by atoms with Crippen LogP contribution in [0.2, 0.25) is 0 Å². The molecule has 3 rings (SSSR count). The molecule has 0 fully saturated rings. The van der Waals surface area contributed by atoms with Crippen LogP contribution in [0.3, 0.4) is 0 Å². The maximum Gasteiger partial charge on any atom is 0.243 e. The van der Waals surface area contributed by atoms with Crippen molar-refractivity contribution in [1.82, 2.24) is 10.5 Å². The number of benzene rings is 2. The Balaban J connectivity index is 1.51. The van der Waals surface area contributed by atoms with Crippen molar-refractivity contribution in [3.8, 4) is 11.1 Å². The van der Waals surface area contributed by atoms with Gasteiger partial charge in [0.25, 0.3) is 0 Å². The van der Waals surface area contributed by atoms with Gasteiger partial charge in [-0.15, -0.1) is 0 Å². The molecule has 0 saturated heterocycles.